The molecule has 0 spiro atoms. The van der Waals surface area contributed by atoms with Crippen molar-refractivity contribution in [1.29, 1.82) is 0 Å². The summed E-state index contributed by atoms with van der Waals surface area (Å²) in [5, 5.41) is 9.01. The number of hydrogen-bond acceptors (Lipinski definition) is 5. The summed E-state index contributed by atoms with van der Waals surface area (Å²) in [7, 11) is 0. The Bertz CT molecular complexity index is 359. The lowest BCUT2D eigenvalue weighted by atomic mass is 10.1. The van der Waals surface area contributed by atoms with Crippen molar-refractivity contribution in [1.82, 2.24) is 4.90 Å². The maximum Gasteiger partial charge on any atom is 0.329 e. The number of carbonyl (C=O) groups excluding carboxylic acids is 2. The van der Waals surface area contributed by atoms with Gasteiger partial charge in [-0.1, -0.05) is 18.7 Å². The molecule has 6 nitrogen and oxygen atoms in total. The highest BCUT2D eigenvalue weighted by atomic mass is 32.2. The molecule has 0 aromatic rings. The van der Waals surface area contributed by atoms with Crippen molar-refractivity contribution in [3.8, 4) is 0 Å². The molecule has 1 aliphatic heterocycles. The number of aliphatic carboxylic acids is 1. The highest BCUT2D eigenvalue weighted by Crippen LogP contribution is 2.21. The summed E-state index contributed by atoms with van der Waals surface area (Å²) in [6.45, 7) is 4.73. The monoisotopic (exact) mass is 275 g/mol. The third-order valence-electron chi connectivity index (χ3n) is 2.75. The quantitative estimate of drug-likeness (QED) is 0.807. The number of ether oxygens (including phenoxy) is 1. The zero-order valence-electron chi connectivity index (χ0n) is 10.6. The Balaban J connectivity index is 2.65. The van der Waals surface area contributed by atoms with E-state index in [0.717, 1.165) is 11.8 Å². The third-order valence-corrected chi connectivity index (χ3v) is 3.82. The van der Waals surface area contributed by atoms with Gasteiger partial charge in [0.05, 0.1) is 6.10 Å². The van der Waals surface area contributed by atoms with Gasteiger partial charge in [-0.2, -0.15) is 0 Å². The number of hydrogen-bond donors (Lipinski definition) is 1. The van der Waals surface area contributed by atoms with Crippen LogP contribution in [-0.4, -0.2) is 51.6 Å². The van der Waals surface area contributed by atoms with Gasteiger partial charge in [0.1, 0.15) is 6.73 Å². The van der Waals surface area contributed by atoms with Crippen molar-refractivity contribution < 1.29 is 24.2 Å². The third kappa shape index (κ3) is 3.46. The van der Waals surface area contributed by atoms with Crippen molar-refractivity contribution in [3.63, 3.8) is 0 Å². The van der Waals surface area contributed by atoms with Crippen LogP contribution in [0.3, 0.4) is 0 Å². The predicted molar refractivity (Wildman–Crippen MR) is 66.0 cm³/mol. The molecule has 3 unspecified atom stereocenters. The molecule has 1 fully saturated rings. The lowest BCUT2D eigenvalue weighted by molar-refractivity contribution is -0.149. The van der Waals surface area contributed by atoms with Crippen LogP contribution >= 0.6 is 11.8 Å². The Kier molecular flexibility index (Phi) is 5.15. The maximum absolute atomic E-state index is 12.1. The van der Waals surface area contributed by atoms with E-state index in [1.165, 1.54) is 11.8 Å². The van der Waals surface area contributed by atoms with Crippen LogP contribution in [0.5, 0.6) is 0 Å². The van der Waals surface area contributed by atoms with Crippen LogP contribution in [0.25, 0.3) is 0 Å². The molecule has 7 heteroatoms. The van der Waals surface area contributed by atoms with Gasteiger partial charge in [-0.3, -0.25) is 9.59 Å². The van der Waals surface area contributed by atoms with Crippen molar-refractivity contribution >= 4 is 28.8 Å². The second kappa shape index (κ2) is 6.19. The molecular weight excluding hydrogens is 258 g/mol. The molecule has 18 heavy (non-hydrogen) atoms. The Labute approximate surface area is 110 Å². The molecule has 1 heterocycles. The van der Waals surface area contributed by atoms with Crippen molar-refractivity contribution in [2.45, 2.75) is 32.9 Å². The fourth-order valence-corrected chi connectivity index (χ4v) is 2.38. The van der Waals surface area contributed by atoms with Gasteiger partial charge in [0.25, 0.3) is 0 Å². The fraction of sp³-hybridized carbons (Fsp3) is 0.727. The van der Waals surface area contributed by atoms with Crippen LogP contribution in [0, 0.1) is 5.92 Å². The van der Waals surface area contributed by atoms with E-state index in [-0.39, 0.29) is 17.8 Å². The van der Waals surface area contributed by atoms with Gasteiger partial charge in [0, 0.05) is 18.6 Å². The van der Waals surface area contributed by atoms with E-state index in [9.17, 15) is 14.4 Å². The Morgan fingerprint density at radius 3 is 2.61 bits per heavy atom. The van der Waals surface area contributed by atoms with E-state index >= 15 is 0 Å². The summed E-state index contributed by atoms with van der Waals surface area (Å²) in [6.07, 6.45) is -0.515. The van der Waals surface area contributed by atoms with Crippen molar-refractivity contribution in [3.05, 3.63) is 0 Å². The van der Waals surface area contributed by atoms with Gasteiger partial charge >= 0.3 is 5.97 Å². The highest BCUT2D eigenvalue weighted by Gasteiger charge is 2.41. The van der Waals surface area contributed by atoms with E-state index in [4.69, 9.17) is 9.84 Å². The van der Waals surface area contributed by atoms with Crippen LogP contribution in [0.1, 0.15) is 20.8 Å². The Hall–Kier alpha value is -1.08. The number of amides is 1. The van der Waals surface area contributed by atoms with Gasteiger partial charge in [-0.05, 0) is 6.92 Å². The molecule has 102 valence electrons. The first-order valence-electron chi connectivity index (χ1n) is 5.62. The van der Waals surface area contributed by atoms with Crippen LogP contribution in [0.15, 0.2) is 0 Å². The minimum absolute atomic E-state index is 0.00789. The lowest BCUT2D eigenvalue weighted by Gasteiger charge is -2.23. The predicted octanol–water partition coefficient (Wildman–Crippen LogP) is 0.560. The normalized spacial score (nSPS) is 24.9. The molecule has 3 atom stereocenters. The van der Waals surface area contributed by atoms with E-state index in [1.54, 1.807) is 13.8 Å². The zero-order chi connectivity index (χ0) is 13.9. The van der Waals surface area contributed by atoms with Crippen LogP contribution < -0.4 is 0 Å². The molecule has 0 saturated carbocycles. The topological polar surface area (TPSA) is 83.9 Å². The van der Waals surface area contributed by atoms with Crippen molar-refractivity contribution in [2.75, 3.05) is 12.5 Å². The van der Waals surface area contributed by atoms with Gasteiger partial charge in [-0.25, -0.2) is 4.79 Å². The second-order valence-electron chi connectivity index (χ2n) is 4.30. The average molecular weight is 275 g/mol. The van der Waals surface area contributed by atoms with Crippen LogP contribution in [0.4, 0.5) is 0 Å². The molecule has 0 radical (unpaired) electrons. The molecule has 1 aliphatic rings. The van der Waals surface area contributed by atoms with E-state index in [2.05, 4.69) is 0 Å². The summed E-state index contributed by atoms with van der Waals surface area (Å²) in [6, 6.07) is -0.942. The second-order valence-corrected chi connectivity index (χ2v) is 5.49. The fourth-order valence-electron chi connectivity index (χ4n) is 1.75. The molecule has 1 rings (SSSR count). The molecular formula is C11H17NO5S. The van der Waals surface area contributed by atoms with Crippen LogP contribution in [-0.2, 0) is 19.1 Å². The summed E-state index contributed by atoms with van der Waals surface area (Å²) < 4.78 is 5.19. The number of rotatable bonds is 4. The van der Waals surface area contributed by atoms with E-state index in [1.807, 2.05) is 0 Å². The number of carbonyl (C=O) groups is 3. The zero-order valence-corrected chi connectivity index (χ0v) is 11.4. The summed E-state index contributed by atoms with van der Waals surface area (Å²) in [5.74, 6) is -1.42. The van der Waals surface area contributed by atoms with Crippen LogP contribution in [0.2, 0.25) is 0 Å². The molecule has 1 amide bonds. The molecule has 0 aromatic carbocycles. The molecule has 0 aromatic heterocycles. The largest absolute Gasteiger partial charge is 0.480 e. The van der Waals surface area contributed by atoms with E-state index < -0.39 is 24.0 Å². The summed E-state index contributed by atoms with van der Waals surface area (Å²) >= 11 is 1.06. The number of carboxylic acids is 1. The standard InChI is InChI=1S/C11H17NO5S/c1-6(4-18-8(3)13)10(14)12-5-17-7(2)9(12)11(15)16/h6-7,9H,4-5H2,1-3H3,(H,15,16). The molecule has 0 bridgehead atoms. The van der Waals surface area contributed by atoms with Gasteiger partial charge < -0.3 is 14.7 Å². The summed E-state index contributed by atoms with van der Waals surface area (Å²) in [5.41, 5.74) is 0. The Morgan fingerprint density at radius 1 is 1.50 bits per heavy atom. The summed E-state index contributed by atoms with van der Waals surface area (Å²) in [4.78, 5) is 35.2. The number of carboxylic acid groups (broad SMARTS) is 1. The smallest absolute Gasteiger partial charge is 0.329 e. The first-order valence-corrected chi connectivity index (χ1v) is 6.61. The van der Waals surface area contributed by atoms with Crippen molar-refractivity contribution in [2.24, 2.45) is 5.92 Å². The number of thioether (sulfide) groups is 1. The first-order chi connectivity index (χ1) is 8.34. The van der Waals surface area contributed by atoms with Gasteiger partial charge in [0.2, 0.25) is 5.91 Å². The first kappa shape index (κ1) is 15.0. The van der Waals surface area contributed by atoms with E-state index in [0.29, 0.717) is 5.75 Å². The molecule has 1 N–H and O–H groups in total. The minimum atomic E-state index is -1.07. The minimum Gasteiger partial charge on any atom is -0.480 e. The van der Waals surface area contributed by atoms with Gasteiger partial charge in [-0.15, -0.1) is 0 Å². The molecule has 0 aliphatic carbocycles. The number of nitrogens with zero attached hydrogens (tertiary/aromatic N) is 1. The average Bonchev–Trinajstić information content (AvgIpc) is 2.66. The Morgan fingerprint density at radius 2 is 2.11 bits per heavy atom. The molecule has 1 saturated heterocycles. The maximum atomic E-state index is 12.1. The lowest BCUT2D eigenvalue weighted by Crippen LogP contribution is -2.46. The highest BCUT2D eigenvalue weighted by molar-refractivity contribution is 8.13. The van der Waals surface area contributed by atoms with Gasteiger partial charge in [0.15, 0.2) is 11.2 Å². The SMILES string of the molecule is CC(=O)SCC(C)C(=O)N1COC(C)C1C(=O)O.